The van der Waals surface area contributed by atoms with Crippen molar-refractivity contribution in [2.24, 2.45) is 5.16 Å². The van der Waals surface area contributed by atoms with Crippen LogP contribution in [-0.4, -0.2) is 16.4 Å². The van der Waals surface area contributed by atoms with E-state index in [4.69, 9.17) is 9.25 Å². The van der Waals surface area contributed by atoms with Gasteiger partial charge >= 0.3 is 0 Å². The van der Waals surface area contributed by atoms with E-state index in [-0.39, 0.29) is 6.61 Å². The van der Waals surface area contributed by atoms with Gasteiger partial charge < -0.3 is 9.25 Å². The first-order valence-electron chi connectivity index (χ1n) is 6.60. The molecule has 3 aromatic rings. The van der Waals surface area contributed by atoms with Crippen LogP contribution in [0.2, 0.25) is 0 Å². The first-order valence-corrected chi connectivity index (χ1v) is 7.39. The average Bonchev–Trinajstić information content (AvgIpc) is 3.02. The quantitative estimate of drug-likeness (QED) is 0.510. The molecule has 0 bridgehead atoms. The Kier molecular flexibility index (Phi) is 4.60. The fourth-order valence-electron chi connectivity index (χ4n) is 1.75. The SMILES string of the molecule is Brc1ccc(-c2nnc(CON=Cc3ccccc3)o2)cc1. The predicted octanol–water partition coefficient (Wildman–Crippen LogP) is 4.05. The molecule has 22 heavy (non-hydrogen) atoms. The Morgan fingerprint density at radius 1 is 1.05 bits per heavy atom. The molecular formula is C16H12BrN3O2. The molecule has 0 fully saturated rings. The van der Waals surface area contributed by atoms with E-state index in [9.17, 15) is 0 Å². The molecule has 0 aliphatic rings. The third kappa shape index (κ3) is 3.79. The second-order valence-corrected chi connectivity index (χ2v) is 5.34. The topological polar surface area (TPSA) is 60.5 Å². The Morgan fingerprint density at radius 2 is 1.82 bits per heavy atom. The zero-order chi connectivity index (χ0) is 15.2. The van der Waals surface area contributed by atoms with Crippen molar-refractivity contribution in [2.75, 3.05) is 0 Å². The molecule has 1 heterocycles. The Balaban J connectivity index is 1.58. The third-order valence-electron chi connectivity index (χ3n) is 2.82. The van der Waals surface area contributed by atoms with E-state index in [1.165, 1.54) is 0 Å². The Hall–Kier alpha value is -2.47. The highest BCUT2D eigenvalue weighted by atomic mass is 79.9. The lowest BCUT2D eigenvalue weighted by atomic mass is 10.2. The van der Waals surface area contributed by atoms with Crippen LogP contribution < -0.4 is 0 Å². The largest absolute Gasteiger partial charge is 0.417 e. The summed E-state index contributed by atoms with van der Waals surface area (Å²) in [6.07, 6.45) is 1.63. The van der Waals surface area contributed by atoms with E-state index in [0.29, 0.717) is 11.8 Å². The summed E-state index contributed by atoms with van der Waals surface area (Å²) in [5.74, 6) is 0.835. The minimum atomic E-state index is 0.132. The fraction of sp³-hybridized carbons (Fsp3) is 0.0625. The molecule has 0 N–H and O–H groups in total. The van der Waals surface area contributed by atoms with E-state index >= 15 is 0 Å². The monoisotopic (exact) mass is 357 g/mol. The second kappa shape index (κ2) is 7.00. The molecule has 0 unspecified atom stereocenters. The van der Waals surface area contributed by atoms with Crippen LogP contribution in [0.1, 0.15) is 11.5 Å². The van der Waals surface area contributed by atoms with Gasteiger partial charge in [0.25, 0.3) is 5.89 Å². The van der Waals surface area contributed by atoms with Gasteiger partial charge in [-0.3, -0.25) is 0 Å². The molecule has 2 aromatic carbocycles. The molecule has 5 nitrogen and oxygen atoms in total. The van der Waals surface area contributed by atoms with Gasteiger partial charge in [0.15, 0.2) is 6.61 Å². The van der Waals surface area contributed by atoms with Crippen LogP contribution in [0, 0.1) is 0 Å². The number of hydrogen-bond donors (Lipinski definition) is 0. The smallest absolute Gasteiger partial charge is 0.257 e. The molecule has 0 atom stereocenters. The van der Waals surface area contributed by atoms with Crippen molar-refractivity contribution in [3.05, 3.63) is 70.5 Å². The van der Waals surface area contributed by atoms with Gasteiger partial charge in [-0.15, -0.1) is 10.2 Å². The fourth-order valence-corrected chi connectivity index (χ4v) is 2.02. The third-order valence-corrected chi connectivity index (χ3v) is 3.35. The van der Waals surface area contributed by atoms with Crippen molar-refractivity contribution in [3.63, 3.8) is 0 Å². The van der Waals surface area contributed by atoms with Gasteiger partial charge in [-0.2, -0.15) is 0 Å². The van der Waals surface area contributed by atoms with Crippen LogP contribution in [0.15, 0.2) is 68.6 Å². The standard InChI is InChI=1S/C16H12BrN3O2/c17-14-8-6-13(7-9-14)16-20-19-15(22-16)11-21-18-10-12-4-2-1-3-5-12/h1-10H,11H2. The second-order valence-electron chi connectivity index (χ2n) is 4.43. The molecule has 110 valence electrons. The summed E-state index contributed by atoms with van der Waals surface area (Å²) >= 11 is 3.38. The number of rotatable bonds is 5. The van der Waals surface area contributed by atoms with Crippen LogP contribution in [-0.2, 0) is 11.4 Å². The average molecular weight is 358 g/mol. The van der Waals surface area contributed by atoms with Crippen molar-refractivity contribution >= 4 is 22.1 Å². The summed E-state index contributed by atoms with van der Waals surface area (Å²) < 4.78 is 6.52. The van der Waals surface area contributed by atoms with Crippen molar-refractivity contribution in [3.8, 4) is 11.5 Å². The molecular weight excluding hydrogens is 346 g/mol. The summed E-state index contributed by atoms with van der Waals surface area (Å²) in [6, 6.07) is 17.3. The summed E-state index contributed by atoms with van der Waals surface area (Å²) in [5, 5.41) is 11.8. The number of nitrogens with zero attached hydrogens (tertiary/aromatic N) is 3. The van der Waals surface area contributed by atoms with Crippen molar-refractivity contribution < 1.29 is 9.25 Å². The van der Waals surface area contributed by atoms with Crippen molar-refractivity contribution in [2.45, 2.75) is 6.61 Å². The van der Waals surface area contributed by atoms with Crippen molar-refractivity contribution in [1.82, 2.24) is 10.2 Å². The van der Waals surface area contributed by atoms with Gasteiger partial charge in [0.1, 0.15) is 0 Å². The number of benzene rings is 2. The number of halogens is 1. The summed E-state index contributed by atoms with van der Waals surface area (Å²) in [4.78, 5) is 5.16. The highest BCUT2D eigenvalue weighted by molar-refractivity contribution is 9.10. The van der Waals surface area contributed by atoms with Gasteiger partial charge in [0.05, 0.1) is 6.21 Å². The van der Waals surface area contributed by atoms with E-state index in [1.54, 1.807) is 6.21 Å². The number of aromatic nitrogens is 2. The van der Waals surface area contributed by atoms with Gasteiger partial charge in [-0.05, 0) is 29.8 Å². The lowest BCUT2D eigenvalue weighted by molar-refractivity contribution is 0.112. The van der Waals surface area contributed by atoms with Gasteiger partial charge in [0.2, 0.25) is 5.89 Å². The zero-order valence-corrected chi connectivity index (χ0v) is 13.1. The van der Waals surface area contributed by atoms with Crippen LogP contribution >= 0.6 is 15.9 Å². The maximum atomic E-state index is 5.53. The molecule has 0 aliphatic heterocycles. The molecule has 0 saturated carbocycles. The summed E-state index contributed by atoms with van der Waals surface area (Å²) in [5.41, 5.74) is 1.82. The molecule has 0 amide bonds. The Bertz CT molecular complexity index is 755. The van der Waals surface area contributed by atoms with Crippen LogP contribution in [0.5, 0.6) is 0 Å². The maximum absolute atomic E-state index is 5.53. The number of hydrogen-bond acceptors (Lipinski definition) is 5. The van der Waals surface area contributed by atoms with E-state index in [1.807, 2.05) is 54.6 Å². The highest BCUT2D eigenvalue weighted by Crippen LogP contribution is 2.20. The number of oxime groups is 1. The van der Waals surface area contributed by atoms with Gasteiger partial charge in [-0.25, -0.2) is 0 Å². The van der Waals surface area contributed by atoms with Crippen LogP contribution in [0.3, 0.4) is 0 Å². The summed E-state index contributed by atoms with van der Waals surface area (Å²) in [6.45, 7) is 0.132. The minimum Gasteiger partial charge on any atom is -0.417 e. The molecule has 0 aliphatic carbocycles. The Morgan fingerprint density at radius 3 is 2.59 bits per heavy atom. The molecule has 1 aromatic heterocycles. The highest BCUT2D eigenvalue weighted by Gasteiger charge is 2.08. The lowest BCUT2D eigenvalue weighted by Crippen LogP contribution is -1.88. The molecule has 0 saturated heterocycles. The Labute approximate surface area is 135 Å². The molecule has 6 heteroatoms. The maximum Gasteiger partial charge on any atom is 0.257 e. The first-order chi connectivity index (χ1) is 10.8. The lowest BCUT2D eigenvalue weighted by Gasteiger charge is -1.95. The van der Waals surface area contributed by atoms with Crippen molar-refractivity contribution in [1.29, 1.82) is 0 Å². The van der Waals surface area contributed by atoms with E-state index in [2.05, 4.69) is 31.3 Å². The molecule has 0 radical (unpaired) electrons. The van der Waals surface area contributed by atoms with Crippen LogP contribution in [0.4, 0.5) is 0 Å². The van der Waals surface area contributed by atoms with Gasteiger partial charge in [-0.1, -0.05) is 51.4 Å². The van der Waals surface area contributed by atoms with Gasteiger partial charge in [0, 0.05) is 10.0 Å². The summed E-state index contributed by atoms with van der Waals surface area (Å²) in [7, 11) is 0. The zero-order valence-electron chi connectivity index (χ0n) is 11.5. The predicted molar refractivity (Wildman–Crippen MR) is 86.3 cm³/mol. The molecule has 0 spiro atoms. The van der Waals surface area contributed by atoms with E-state index in [0.717, 1.165) is 15.6 Å². The van der Waals surface area contributed by atoms with E-state index < -0.39 is 0 Å². The first kappa shape index (κ1) is 14.5. The normalized spacial score (nSPS) is 11.0. The minimum absolute atomic E-state index is 0.132. The molecule has 3 rings (SSSR count). The van der Waals surface area contributed by atoms with Crippen LogP contribution in [0.25, 0.3) is 11.5 Å².